The lowest BCUT2D eigenvalue weighted by molar-refractivity contribution is 0.112. The molecule has 0 amide bonds. The lowest BCUT2D eigenvalue weighted by Gasteiger charge is -2.05. The van der Waals surface area contributed by atoms with E-state index >= 15 is 0 Å². The molecule has 0 N–H and O–H groups in total. The van der Waals surface area contributed by atoms with Gasteiger partial charge in [-0.25, -0.2) is 4.39 Å². The summed E-state index contributed by atoms with van der Waals surface area (Å²) in [5.74, 6) is -0.255. The third kappa shape index (κ3) is 2.30. The van der Waals surface area contributed by atoms with Gasteiger partial charge in [-0.2, -0.15) is 0 Å². The van der Waals surface area contributed by atoms with Crippen molar-refractivity contribution in [1.29, 1.82) is 0 Å². The third-order valence-electron chi connectivity index (χ3n) is 2.38. The van der Waals surface area contributed by atoms with Gasteiger partial charge in [-0.05, 0) is 23.8 Å². The van der Waals surface area contributed by atoms with Crippen molar-refractivity contribution >= 4 is 6.29 Å². The van der Waals surface area contributed by atoms with Crippen LogP contribution in [0.15, 0.2) is 36.7 Å². The van der Waals surface area contributed by atoms with Gasteiger partial charge in [0.1, 0.15) is 0 Å². The van der Waals surface area contributed by atoms with Gasteiger partial charge in [-0.1, -0.05) is 6.07 Å². The summed E-state index contributed by atoms with van der Waals surface area (Å²) in [7, 11) is 1.41. The molecule has 0 saturated heterocycles. The molecule has 1 aromatic heterocycles. The number of carbonyl (C=O) groups excluding carboxylic acids is 1. The maximum Gasteiger partial charge on any atom is 0.165 e. The molecule has 3 nitrogen and oxygen atoms in total. The maximum atomic E-state index is 13.5. The van der Waals surface area contributed by atoms with Crippen LogP contribution >= 0.6 is 0 Å². The van der Waals surface area contributed by atoms with Crippen molar-refractivity contribution in [2.45, 2.75) is 0 Å². The zero-order valence-corrected chi connectivity index (χ0v) is 9.18. The first-order valence-corrected chi connectivity index (χ1v) is 4.98. The number of aldehydes is 1. The number of hydrogen-bond acceptors (Lipinski definition) is 3. The number of carbonyl (C=O) groups is 1. The van der Waals surface area contributed by atoms with E-state index in [4.69, 9.17) is 4.74 Å². The summed E-state index contributed by atoms with van der Waals surface area (Å²) in [5.41, 5.74) is 1.80. The van der Waals surface area contributed by atoms with Gasteiger partial charge in [0, 0.05) is 23.5 Å². The van der Waals surface area contributed by atoms with E-state index in [1.165, 1.54) is 25.4 Å². The molecular formula is C13H10FNO2. The highest BCUT2D eigenvalue weighted by Crippen LogP contribution is 2.25. The number of rotatable bonds is 3. The molecule has 0 bridgehead atoms. The van der Waals surface area contributed by atoms with Crippen molar-refractivity contribution < 1.29 is 13.9 Å². The summed E-state index contributed by atoms with van der Waals surface area (Å²) < 4.78 is 18.3. The molecule has 17 heavy (non-hydrogen) atoms. The number of pyridine rings is 1. The van der Waals surface area contributed by atoms with Crippen molar-refractivity contribution in [3.8, 4) is 16.9 Å². The van der Waals surface area contributed by atoms with E-state index in [-0.39, 0.29) is 5.75 Å². The average Bonchev–Trinajstić information content (AvgIpc) is 2.38. The molecule has 0 saturated carbocycles. The lowest BCUT2D eigenvalue weighted by Crippen LogP contribution is -1.90. The van der Waals surface area contributed by atoms with Crippen molar-refractivity contribution in [3.05, 3.63) is 48.0 Å². The van der Waals surface area contributed by atoms with Gasteiger partial charge in [0.05, 0.1) is 7.11 Å². The Kier molecular flexibility index (Phi) is 3.14. The van der Waals surface area contributed by atoms with E-state index in [1.807, 2.05) is 0 Å². The van der Waals surface area contributed by atoms with Crippen LogP contribution in [0.2, 0.25) is 0 Å². The lowest BCUT2D eigenvalue weighted by atomic mass is 10.1. The van der Waals surface area contributed by atoms with Gasteiger partial charge >= 0.3 is 0 Å². The zero-order chi connectivity index (χ0) is 12.3. The highest BCUT2D eigenvalue weighted by Gasteiger charge is 2.05. The van der Waals surface area contributed by atoms with Crippen molar-refractivity contribution in [2.75, 3.05) is 7.11 Å². The second kappa shape index (κ2) is 4.74. The Balaban J connectivity index is 2.45. The van der Waals surface area contributed by atoms with Crippen LogP contribution in [-0.2, 0) is 0 Å². The fourth-order valence-electron chi connectivity index (χ4n) is 1.53. The average molecular weight is 231 g/mol. The topological polar surface area (TPSA) is 39.2 Å². The molecule has 1 heterocycles. The number of methoxy groups -OCH3 is 1. The van der Waals surface area contributed by atoms with E-state index < -0.39 is 5.82 Å². The number of benzene rings is 1. The molecule has 0 unspecified atom stereocenters. The first-order chi connectivity index (χ1) is 8.24. The molecule has 4 heteroatoms. The molecule has 0 aliphatic rings. The molecule has 2 rings (SSSR count). The van der Waals surface area contributed by atoms with Gasteiger partial charge in [0.2, 0.25) is 0 Å². The van der Waals surface area contributed by atoms with Crippen LogP contribution in [0.1, 0.15) is 10.4 Å². The van der Waals surface area contributed by atoms with Gasteiger partial charge in [-0.15, -0.1) is 0 Å². The Labute approximate surface area is 97.9 Å². The molecule has 2 aromatic rings. The molecule has 0 aliphatic carbocycles. The van der Waals surface area contributed by atoms with E-state index in [2.05, 4.69) is 4.98 Å². The SMILES string of the molecule is COc1ccc(-c2cncc(C=O)c2)cc1F. The fraction of sp³-hybridized carbons (Fsp3) is 0.0769. The first kappa shape index (κ1) is 11.3. The minimum atomic E-state index is -0.443. The summed E-state index contributed by atoms with van der Waals surface area (Å²) >= 11 is 0. The van der Waals surface area contributed by atoms with Crippen LogP contribution in [0.4, 0.5) is 4.39 Å². The standard InChI is InChI=1S/C13H10FNO2/c1-17-13-3-2-10(5-12(13)14)11-4-9(8-16)6-15-7-11/h2-8H,1H3. The van der Waals surface area contributed by atoms with Crippen LogP contribution in [-0.4, -0.2) is 18.4 Å². The number of ether oxygens (including phenoxy) is 1. The molecule has 1 aromatic carbocycles. The van der Waals surface area contributed by atoms with Crippen LogP contribution in [0.3, 0.4) is 0 Å². The largest absolute Gasteiger partial charge is 0.494 e. The van der Waals surface area contributed by atoms with E-state index in [9.17, 15) is 9.18 Å². The number of halogens is 1. The Hall–Kier alpha value is -2.23. The van der Waals surface area contributed by atoms with E-state index in [0.29, 0.717) is 23.0 Å². The molecule has 86 valence electrons. The van der Waals surface area contributed by atoms with Crippen molar-refractivity contribution in [3.63, 3.8) is 0 Å². The first-order valence-electron chi connectivity index (χ1n) is 4.98. The molecule has 0 aliphatic heterocycles. The Morgan fingerprint density at radius 3 is 2.71 bits per heavy atom. The van der Waals surface area contributed by atoms with Crippen LogP contribution < -0.4 is 4.74 Å². The summed E-state index contributed by atoms with van der Waals surface area (Å²) in [6, 6.07) is 6.26. The normalized spacial score (nSPS) is 10.0. The predicted molar refractivity (Wildman–Crippen MR) is 61.6 cm³/mol. The highest BCUT2D eigenvalue weighted by atomic mass is 19.1. The minimum Gasteiger partial charge on any atom is -0.494 e. The predicted octanol–water partition coefficient (Wildman–Crippen LogP) is 2.71. The molecule has 0 spiro atoms. The quantitative estimate of drug-likeness (QED) is 0.762. The summed E-state index contributed by atoms with van der Waals surface area (Å²) in [4.78, 5) is 14.5. The van der Waals surface area contributed by atoms with Crippen molar-refractivity contribution in [1.82, 2.24) is 4.98 Å². The van der Waals surface area contributed by atoms with Crippen molar-refractivity contribution in [2.24, 2.45) is 0 Å². The Bertz CT molecular complexity index is 555. The maximum absolute atomic E-state index is 13.5. The highest BCUT2D eigenvalue weighted by molar-refractivity contribution is 5.78. The van der Waals surface area contributed by atoms with Crippen LogP contribution in [0.5, 0.6) is 5.75 Å². The molecule has 0 atom stereocenters. The van der Waals surface area contributed by atoms with Crippen LogP contribution in [0.25, 0.3) is 11.1 Å². The van der Waals surface area contributed by atoms with E-state index in [1.54, 1.807) is 18.3 Å². The number of nitrogens with zero attached hydrogens (tertiary/aromatic N) is 1. The third-order valence-corrected chi connectivity index (χ3v) is 2.38. The number of hydrogen-bond donors (Lipinski definition) is 0. The van der Waals surface area contributed by atoms with Gasteiger partial charge < -0.3 is 4.74 Å². The van der Waals surface area contributed by atoms with Gasteiger partial charge in [0.25, 0.3) is 0 Å². The molecule has 0 radical (unpaired) electrons. The summed E-state index contributed by atoms with van der Waals surface area (Å²) in [6.07, 6.45) is 3.74. The number of aromatic nitrogens is 1. The van der Waals surface area contributed by atoms with Gasteiger partial charge in [0.15, 0.2) is 17.9 Å². The Morgan fingerprint density at radius 1 is 1.24 bits per heavy atom. The zero-order valence-electron chi connectivity index (χ0n) is 9.18. The van der Waals surface area contributed by atoms with Gasteiger partial charge in [-0.3, -0.25) is 9.78 Å². The minimum absolute atomic E-state index is 0.188. The fourth-order valence-corrected chi connectivity index (χ4v) is 1.53. The Morgan fingerprint density at radius 2 is 2.06 bits per heavy atom. The summed E-state index contributed by atoms with van der Waals surface area (Å²) in [5, 5.41) is 0. The molecule has 0 fully saturated rings. The molecular weight excluding hydrogens is 221 g/mol. The van der Waals surface area contributed by atoms with Crippen LogP contribution in [0, 0.1) is 5.82 Å². The van der Waals surface area contributed by atoms with E-state index in [0.717, 1.165) is 0 Å². The second-order valence-electron chi connectivity index (χ2n) is 3.47. The summed E-state index contributed by atoms with van der Waals surface area (Å²) in [6.45, 7) is 0. The monoisotopic (exact) mass is 231 g/mol. The second-order valence-corrected chi connectivity index (χ2v) is 3.47. The smallest absolute Gasteiger partial charge is 0.165 e.